The first kappa shape index (κ1) is 13.4. The van der Waals surface area contributed by atoms with Gasteiger partial charge in [0.1, 0.15) is 0 Å². The second kappa shape index (κ2) is 5.32. The summed E-state index contributed by atoms with van der Waals surface area (Å²) in [4.78, 5) is 11.3. The highest BCUT2D eigenvalue weighted by Crippen LogP contribution is 2.11. The number of esters is 1. The monoisotopic (exact) mass is 203 g/mol. The summed E-state index contributed by atoms with van der Waals surface area (Å²) in [5.41, 5.74) is 3.67. The van der Waals surface area contributed by atoms with Crippen LogP contribution in [0.15, 0.2) is 0 Å². The van der Waals surface area contributed by atoms with E-state index in [0.717, 1.165) is 6.42 Å². The standard InChI is InChI=1S/C10H21NO3/c1-7(2)5-8(3)14-9(12)10(4,13)6-11/h7-8,13H,5-6,11H2,1-4H3. The molecule has 0 bridgehead atoms. The summed E-state index contributed by atoms with van der Waals surface area (Å²) in [5.74, 6) is -0.186. The van der Waals surface area contributed by atoms with E-state index in [1.807, 2.05) is 20.8 Å². The molecule has 0 saturated heterocycles. The van der Waals surface area contributed by atoms with Crippen LogP contribution in [0.3, 0.4) is 0 Å². The fourth-order valence-electron chi connectivity index (χ4n) is 1.10. The summed E-state index contributed by atoms with van der Waals surface area (Å²) in [6, 6.07) is 0. The first-order chi connectivity index (χ1) is 6.29. The molecule has 0 aromatic rings. The van der Waals surface area contributed by atoms with Crippen LogP contribution in [0, 0.1) is 5.92 Å². The molecule has 4 heteroatoms. The molecule has 0 saturated carbocycles. The van der Waals surface area contributed by atoms with Crippen molar-refractivity contribution in [1.82, 2.24) is 0 Å². The zero-order valence-electron chi connectivity index (χ0n) is 9.41. The van der Waals surface area contributed by atoms with Gasteiger partial charge in [-0.15, -0.1) is 0 Å². The fraction of sp³-hybridized carbons (Fsp3) is 0.900. The van der Waals surface area contributed by atoms with E-state index in [4.69, 9.17) is 10.5 Å². The van der Waals surface area contributed by atoms with E-state index in [0.29, 0.717) is 5.92 Å². The minimum absolute atomic E-state index is 0.125. The fourth-order valence-corrected chi connectivity index (χ4v) is 1.10. The summed E-state index contributed by atoms with van der Waals surface area (Å²) < 4.78 is 5.05. The van der Waals surface area contributed by atoms with E-state index >= 15 is 0 Å². The molecule has 3 N–H and O–H groups in total. The number of aliphatic hydroxyl groups is 1. The highest BCUT2D eigenvalue weighted by Gasteiger charge is 2.31. The Morgan fingerprint density at radius 2 is 2.00 bits per heavy atom. The second-order valence-corrected chi connectivity index (χ2v) is 4.32. The van der Waals surface area contributed by atoms with Gasteiger partial charge in [-0.3, -0.25) is 0 Å². The van der Waals surface area contributed by atoms with Gasteiger partial charge in [-0.05, 0) is 26.2 Å². The summed E-state index contributed by atoms with van der Waals surface area (Å²) in [7, 11) is 0. The Morgan fingerprint density at radius 1 is 1.50 bits per heavy atom. The maximum atomic E-state index is 11.3. The predicted octanol–water partition coefficient (Wildman–Crippen LogP) is 0.674. The van der Waals surface area contributed by atoms with Crippen LogP contribution in [-0.4, -0.2) is 29.3 Å². The van der Waals surface area contributed by atoms with Crippen LogP contribution in [0.4, 0.5) is 0 Å². The van der Waals surface area contributed by atoms with Gasteiger partial charge in [0.2, 0.25) is 0 Å². The molecule has 0 rings (SSSR count). The van der Waals surface area contributed by atoms with Gasteiger partial charge < -0.3 is 15.6 Å². The Balaban J connectivity index is 4.06. The van der Waals surface area contributed by atoms with Crippen molar-refractivity contribution >= 4 is 5.97 Å². The topological polar surface area (TPSA) is 72.5 Å². The molecule has 0 heterocycles. The Kier molecular flexibility index (Phi) is 5.08. The van der Waals surface area contributed by atoms with Crippen LogP contribution in [0.5, 0.6) is 0 Å². The number of hydrogen-bond acceptors (Lipinski definition) is 4. The van der Waals surface area contributed by atoms with E-state index in [-0.39, 0.29) is 12.6 Å². The van der Waals surface area contributed by atoms with Crippen molar-refractivity contribution in [3.8, 4) is 0 Å². The van der Waals surface area contributed by atoms with Crippen LogP contribution < -0.4 is 5.73 Å². The number of rotatable bonds is 5. The van der Waals surface area contributed by atoms with Gasteiger partial charge in [0.25, 0.3) is 0 Å². The van der Waals surface area contributed by atoms with Crippen molar-refractivity contribution in [3.05, 3.63) is 0 Å². The van der Waals surface area contributed by atoms with Crippen molar-refractivity contribution in [2.75, 3.05) is 6.54 Å². The van der Waals surface area contributed by atoms with Gasteiger partial charge in [-0.2, -0.15) is 0 Å². The first-order valence-electron chi connectivity index (χ1n) is 4.93. The van der Waals surface area contributed by atoms with E-state index < -0.39 is 11.6 Å². The lowest BCUT2D eigenvalue weighted by Crippen LogP contribution is -2.45. The smallest absolute Gasteiger partial charge is 0.339 e. The third-order valence-corrected chi connectivity index (χ3v) is 1.95. The van der Waals surface area contributed by atoms with Gasteiger partial charge in [0, 0.05) is 6.54 Å². The van der Waals surface area contributed by atoms with E-state index in [2.05, 4.69) is 0 Å². The molecule has 0 amide bonds. The number of carbonyl (C=O) groups is 1. The molecule has 0 aliphatic heterocycles. The predicted molar refractivity (Wildman–Crippen MR) is 54.7 cm³/mol. The lowest BCUT2D eigenvalue weighted by molar-refractivity contribution is -0.168. The molecular formula is C10H21NO3. The summed E-state index contributed by atoms with van der Waals surface area (Å²) in [6.07, 6.45) is 0.604. The van der Waals surface area contributed by atoms with E-state index in [9.17, 15) is 9.90 Å². The molecule has 0 aliphatic carbocycles. The molecule has 4 nitrogen and oxygen atoms in total. The van der Waals surface area contributed by atoms with Crippen LogP contribution in [-0.2, 0) is 9.53 Å². The SMILES string of the molecule is CC(C)CC(C)OC(=O)C(C)(O)CN. The van der Waals surface area contributed by atoms with Crippen molar-refractivity contribution in [3.63, 3.8) is 0 Å². The Bertz CT molecular complexity index is 190. The molecule has 0 aromatic carbocycles. The zero-order chi connectivity index (χ0) is 11.4. The van der Waals surface area contributed by atoms with Gasteiger partial charge in [0.05, 0.1) is 6.10 Å². The number of carbonyl (C=O) groups excluding carboxylic acids is 1. The summed E-state index contributed by atoms with van der Waals surface area (Å²) >= 11 is 0. The molecule has 2 atom stereocenters. The molecule has 14 heavy (non-hydrogen) atoms. The largest absolute Gasteiger partial charge is 0.461 e. The molecule has 0 radical (unpaired) electrons. The molecule has 0 spiro atoms. The lowest BCUT2D eigenvalue weighted by atomic mass is 10.1. The normalized spacial score (nSPS) is 17.6. The Labute approximate surface area is 85.4 Å². The van der Waals surface area contributed by atoms with Crippen molar-refractivity contribution in [1.29, 1.82) is 0 Å². The third kappa shape index (κ3) is 4.58. The van der Waals surface area contributed by atoms with Crippen LogP contribution in [0.2, 0.25) is 0 Å². The number of hydrogen-bond donors (Lipinski definition) is 2. The highest BCUT2D eigenvalue weighted by molar-refractivity contribution is 5.79. The summed E-state index contributed by atoms with van der Waals surface area (Å²) in [5, 5.41) is 9.48. The molecule has 0 aliphatic rings. The van der Waals surface area contributed by atoms with Gasteiger partial charge in [-0.25, -0.2) is 4.79 Å². The average Bonchev–Trinajstić information content (AvgIpc) is 2.02. The first-order valence-corrected chi connectivity index (χ1v) is 4.93. The third-order valence-electron chi connectivity index (χ3n) is 1.95. The maximum absolute atomic E-state index is 11.3. The van der Waals surface area contributed by atoms with Crippen LogP contribution in [0.1, 0.15) is 34.1 Å². The number of nitrogens with two attached hydrogens (primary N) is 1. The molecular weight excluding hydrogens is 182 g/mol. The second-order valence-electron chi connectivity index (χ2n) is 4.32. The highest BCUT2D eigenvalue weighted by atomic mass is 16.6. The molecule has 84 valence electrons. The van der Waals surface area contributed by atoms with Gasteiger partial charge in [-0.1, -0.05) is 13.8 Å². The quantitative estimate of drug-likeness (QED) is 0.644. The van der Waals surface area contributed by atoms with Crippen LogP contribution in [0.25, 0.3) is 0 Å². The number of ether oxygens (including phenoxy) is 1. The van der Waals surface area contributed by atoms with Crippen LogP contribution >= 0.6 is 0 Å². The summed E-state index contributed by atoms with van der Waals surface area (Å²) in [6.45, 7) is 7.14. The maximum Gasteiger partial charge on any atom is 0.339 e. The van der Waals surface area contributed by atoms with Gasteiger partial charge >= 0.3 is 5.97 Å². The molecule has 0 aromatic heterocycles. The van der Waals surface area contributed by atoms with E-state index in [1.165, 1.54) is 6.92 Å². The van der Waals surface area contributed by atoms with Crippen molar-refractivity contribution < 1.29 is 14.6 Å². The Hall–Kier alpha value is -0.610. The minimum Gasteiger partial charge on any atom is -0.461 e. The lowest BCUT2D eigenvalue weighted by Gasteiger charge is -2.23. The zero-order valence-corrected chi connectivity index (χ0v) is 9.41. The molecule has 2 unspecified atom stereocenters. The van der Waals surface area contributed by atoms with Crippen molar-refractivity contribution in [2.45, 2.75) is 45.8 Å². The van der Waals surface area contributed by atoms with Gasteiger partial charge in [0.15, 0.2) is 5.60 Å². The average molecular weight is 203 g/mol. The van der Waals surface area contributed by atoms with Crippen molar-refractivity contribution in [2.24, 2.45) is 11.7 Å². The molecule has 0 fully saturated rings. The van der Waals surface area contributed by atoms with E-state index in [1.54, 1.807) is 0 Å². The minimum atomic E-state index is -1.56. The Morgan fingerprint density at radius 3 is 2.36 bits per heavy atom.